The Bertz CT molecular complexity index is 1530. The summed E-state index contributed by atoms with van der Waals surface area (Å²) in [6.07, 6.45) is 4.53. The summed E-state index contributed by atoms with van der Waals surface area (Å²) in [6.45, 7) is 4.00. The summed E-state index contributed by atoms with van der Waals surface area (Å²) in [6, 6.07) is 14.3. The smallest absolute Gasteiger partial charge is 0.335 e. The number of hydrogen-bond acceptors (Lipinski definition) is 6. The predicted octanol–water partition coefficient (Wildman–Crippen LogP) is 5.67. The lowest BCUT2D eigenvalue weighted by molar-refractivity contribution is -0.0592. The number of likely N-dealkylation sites (tertiary alicyclic amines) is 1. The zero-order chi connectivity index (χ0) is 27.6. The third-order valence-corrected chi connectivity index (χ3v) is 8.00. The summed E-state index contributed by atoms with van der Waals surface area (Å²) >= 11 is 5.79. The Morgan fingerprint density at radius 2 is 1.98 bits per heavy atom. The molecule has 8 nitrogen and oxygen atoms in total. The van der Waals surface area contributed by atoms with E-state index in [4.69, 9.17) is 26.1 Å². The number of ether oxygens (including phenoxy) is 2. The Labute approximate surface area is 236 Å². The number of aromatic nitrogens is 3. The van der Waals surface area contributed by atoms with Gasteiger partial charge in [0.1, 0.15) is 29.7 Å². The summed E-state index contributed by atoms with van der Waals surface area (Å²) in [5.41, 5.74) is 3.33. The van der Waals surface area contributed by atoms with Crippen LogP contribution >= 0.6 is 11.6 Å². The largest absolute Gasteiger partial charge is 0.487 e. The topological polar surface area (TPSA) is 89.7 Å². The van der Waals surface area contributed by atoms with E-state index < -0.39 is 11.8 Å². The van der Waals surface area contributed by atoms with Gasteiger partial charge in [0.25, 0.3) is 0 Å². The zero-order valence-electron chi connectivity index (χ0n) is 21.9. The maximum atomic E-state index is 14.1. The lowest BCUT2D eigenvalue weighted by Crippen LogP contribution is -2.35. The number of aromatic carboxylic acids is 1. The molecule has 4 aromatic rings. The van der Waals surface area contributed by atoms with Gasteiger partial charge in [-0.25, -0.2) is 14.2 Å². The van der Waals surface area contributed by atoms with Crippen LogP contribution < -0.4 is 4.74 Å². The Balaban J connectivity index is 1.11. The molecule has 2 aliphatic rings. The van der Waals surface area contributed by atoms with Crippen molar-refractivity contribution in [3.8, 4) is 5.75 Å². The highest BCUT2D eigenvalue weighted by molar-refractivity contribution is 6.30. The molecule has 2 aromatic carbocycles. The molecule has 0 spiro atoms. The molecule has 4 heterocycles. The number of pyridine rings is 1. The van der Waals surface area contributed by atoms with Crippen molar-refractivity contribution < 1.29 is 23.8 Å². The van der Waals surface area contributed by atoms with E-state index in [0.717, 1.165) is 55.8 Å². The summed E-state index contributed by atoms with van der Waals surface area (Å²) in [5, 5.41) is 9.74. The Morgan fingerprint density at radius 1 is 1.15 bits per heavy atom. The van der Waals surface area contributed by atoms with Crippen LogP contribution in [0.1, 0.15) is 52.6 Å². The second-order valence-corrected chi connectivity index (χ2v) is 10.9. The highest BCUT2D eigenvalue weighted by atomic mass is 35.5. The number of imidazole rings is 1. The Morgan fingerprint density at radius 3 is 2.70 bits per heavy atom. The van der Waals surface area contributed by atoms with Crippen LogP contribution in [-0.2, 0) is 24.4 Å². The minimum atomic E-state index is -0.943. The normalized spacial score (nSPS) is 18.1. The molecular weight excluding hydrogens is 535 g/mol. The molecule has 1 N–H and O–H groups in total. The molecule has 0 bridgehead atoms. The molecule has 0 unspecified atom stereocenters. The monoisotopic (exact) mass is 564 g/mol. The van der Waals surface area contributed by atoms with Gasteiger partial charge < -0.3 is 19.1 Å². The molecule has 2 aromatic heterocycles. The van der Waals surface area contributed by atoms with Crippen LogP contribution in [0.4, 0.5) is 4.39 Å². The van der Waals surface area contributed by atoms with E-state index >= 15 is 0 Å². The van der Waals surface area contributed by atoms with E-state index in [1.165, 1.54) is 17.8 Å². The lowest BCUT2D eigenvalue weighted by atomic mass is 9.89. The van der Waals surface area contributed by atoms with Crippen molar-refractivity contribution >= 4 is 28.6 Å². The van der Waals surface area contributed by atoms with Crippen LogP contribution in [0.15, 0.2) is 54.7 Å². The van der Waals surface area contributed by atoms with E-state index in [-0.39, 0.29) is 29.0 Å². The van der Waals surface area contributed by atoms with E-state index in [1.54, 1.807) is 18.2 Å². The van der Waals surface area contributed by atoms with Crippen LogP contribution in [0.3, 0.4) is 0 Å². The first-order valence-electron chi connectivity index (χ1n) is 13.5. The number of carboxylic acid groups (broad SMARTS) is 1. The number of piperidine rings is 1. The number of rotatable bonds is 9. The van der Waals surface area contributed by atoms with Crippen molar-refractivity contribution in [1.82, 2.24) is 19.4 Å². The van der Waals surface area contributed by atoms with Crippen LogP contribution in [0.25, 0.3) is 11.0 Å². The molecule has 2 aliphatic heterocycles. The van der Waals surface area contributed by atoms with Crippen LogP contribution in [0.5, 0.6) is 5.75 Å². The minimum absolute atomic E-state index is 0.0335. The summed E-state index contributed by atoms with van der Waals surface area (Å²) in [5.74, 6) is 0.590. The summed E-state index contributed by atoms with van der Waals surface area (Å²) in [7, 11) is 0. The molecule has 0 amide bonds. The fraction of sp³-hybridized carbons (Fsp3) is 0.367. The van der Waals surface area contributed by atoms with Gasteiger partial charge in [-0.15, -0.1) is 0 Å². The first-order valence-corrected chi connectivity index (χ1v) is 13.9. The first kappa shape index (κ1) is 26.7. The third kappa shape index (κ3) is 5.82. The fourth-order valence-electron chi connectivity index (χ4n) is 5.45. The van der Waals surface area contributed by atoms with Crippen LogP contribution in [0.2, 0.25) is 5.02 Å². The summed E-state index contributed by atoms with van der Waals surface area (Å²) in [4.78, 5) is 22.9. The molecule has 208 valence electrons. The van der Waals surface area contributed by atoms with Crippen molar-refractivity contribution in [2.45, 2.75) is 51.0 Å². The highest BCUT2D eigenvalue weighted by Crippen LogP contribution is 2.31. The van der Waals surface area contributed by atoms with E-state index in [2.05, 4.69) is 20.5 Å². The minimum Gasteiger partial charge on any atom is -0.487 e. The zero-order valence-corrected chi connectivity index (χ0v) is 22.7. The first-order chi connectivity index (χ1) is 19.4. The fourth-order valence-corrected chi connectivity index (χ4v) is 5.59. The summed E-state index contributed by atoms with van der Waals surface area (Å²) < 4.78 is 27.7. The number of hydrogen-bond donors (Lipinski definition) is 1. The SMILES string of the molecule is O=C(O)c1ccc2nc(CN3CCC(c4cccc(OCc5ncc(Cl)cc5F)c4)CC3)n(C[C@@H]3CCO3)c2c1. The quantitative estimate of drug-likeness (QED) is 0.280. The predicted molar refractivity (Wildman–Crippen MR) is 148 cm³/mol. The maximum absolute atomic E-state index is 14.1. The molecule has 2 saturated heterocycles. The van der Waals surface area contributed by atoms with Gasteiger partial charge in [0.05, 0.1) is 40.8 Å². The molecule has 40 heavy (non-hydrogen) atoms. The van der Waals surface area contributed by atoms with Gasteiger partial charge in [0.15, 0.2) is 0 Å². The second-order valence-electron chi connectivity index (χ2n) is 10.4. The molecule has 10 heteroatoms. The van der Waals surface area contributed by atoms with E-state index in [1.807, 2.05) is 18.2 Å². The average molecular weight is 565 g/mol. The van der Waals surface area contributed by atoms with Gasteiger partial charge in [-0.1, -0.05) is 23.7 Å². The molecule has 0 saturated carbocycles. The number of carboxylic acids is 1. The van der Waals surface area contributed by atoms with Gasteiger partial charge in [-0.05, 0) is 80.2 Å². The van der Waals surface area contributed by atoms with Crippen molar-refractivity contribution in [1.29, 1.82) is 0 Å². The molecule has 0 aliphatic carbocycles. The third-order valence-electron chi connectivity index (χ3n) is 7.80. The average Bonchev–Trinajstić information content (AvgIpc) is 3.26. The van der Waals surface area contributed by atoms with Gasteiger partial charge in [0.2, 0.25) is 0 Å². The van der Waals surface area contributed by atoms with Crippen molar-refractivity contribution in [2.24, 2.45) is 0 Å². The number of halogens is 2. The van der Waals surface area contributed by atoms with Crippen molar-refractivity contribution in [3.05, 3.63) is 88.2 Å². The molecular formula is C30H30ClFN4O4. The van der Waals surface area contributed by atoms with Crippen LogP contribution in [-0.4, -0.2) is 56.3 Å². The standard InChI is InChI=1S/C30H30ClFN4O4/c31-22-14-25(32)27(33-15-22)18-40-23-3-1-2-20(12-23)19-6-9-35(10-7-19)17-29-34-26-5-4-21(30(37)38)13-28(26)36(29)16-24-8-11-39-24/h1-5,12-15,19,24H,6-11,16-18H2,(H,37,38)/t24-/m0/s1. The molecule has 1 atom stereocenters. The molecule has 6 rings (SSSR count). The van der Waals surface area contributed by atoms with Gasteiger partial charge in [-0.2, -0.15) is 0 Å². The molecule has 0 radical (unpaired) electrons. The van der Waals surface area contributed by atoms with Gasteiger partial charge in [0, 0.05) is 12.8 Å². The van der Waals surface area contributed by atoms with Crippen LogP contribution in [0, 0.1) is 5.82 Å². The maximum Gasteiger partial charge on any atom is 0.335 e. The van der Waals surface area contributed by atoms with Gasteiger partial charge in [-0.3, -0.25) is 9.88 Å². The molecule has 2 fully saturated rings. The lowest BCUT2D eigenvalue weighted by Gasteiger charge is -2.33. The van der Waals surface area contributed by atoms with E-state index in [0.29, 0.717) is 24.8 Å². The Kier molecular flexibility index (Phi) is 7.69. The van der Waals surface area contributed by atoms with Gasteiger partial charge >= 0.3 is 5.97 Å². The second kappa shape index (κ2) is 11.5. The highest BCUT2D eigenvalue weighted by Gasteiger charge is 2.26. The van der Waals surface area contributed by atoms with Crippen molar-refractivity contribution in [2.75, 3.05) is 19.7 Å². The van der Waals surface area contributed by atoms with Crippen molar-refractivity contribution in [3.63, 3.8) is 0 Å². The number of nitrogens with zero attached hydrogens (tertiary/aromatic N) is 4. The van der Waals surface area contributed by atoms with E-state index in [9.17, 15) is 14.3 Å². The number of benzene rings is 2. The number of carbonyl (C=O) groups is 1. The Hall–Kier alpha value is -3.53. The number of fused-ring (bicyclic) bond motifs is 1.